The standard InChI is InChI=1S/C21H24N4O2S/c1-12-18(28-13(2)23-12)11-22-19(26)16-10-14-6-5-9-25(14)21(16)15-7-3-4-8-17(15)24-20(21)27/h3-4,7-8,14,16H,5-6,9-11H2,1-2H3,(H,22,26)(H,24,27)/t14-,16+,21+/m1/s1. The second-order valence-electron chi connectivity index (χ2n) is 8.00. The van der Waals surface area contributed by atoms with Crippen LogP contribution in [0.15, 0.2) is 24.3 Å². The number of rotatable bonds is 3. The molecule has 2 fully saturated rings. The highest BCUT2D eigenvalue weighted by Gasteiger charge is 2.65. The molecule has 0 saturated carbocycles. The minimum Gasteiger partial charge on any atom is -0.351 e. The molecule has 28 heavy (non-hydrogen) atoms. The van der Waals surface area contributed by atoms with Crippen LogP contribution in [0.1, 0.15) is 40.4 Å². The van der Waals surface area contributed by atoms with E-state index < -0.39 is 5.54 Å². The fourth-order valence-electron chi connectivity index (χ4n) is 5.41. The van der Waals surface area contributed by atoms with Crippen LogP contribution in [0, 0.1) is 19.8 Å². The van der Waals surface area contributed by atoms with Crippen LogP contribution in [0.2, 0.25) is 0 Å². The molecular formula is C21H24N4O2S. The Bertz CT molecular complexity index is 971. The number of thiazole rings is 1. The number of aryl methyl sites for hydroxylation is 2. The minimum absolute atomic E-state index is 0.0355. The maximum Gasteiger partial charge on any atom is 0.250 e. The summed E-state index contributed by atoms with van der Waals surface area (Å²) in [5.41, 5.74) is 1.88. The zero-order valence-corrected chi connectivity index (χ0v) is 16.9. The molecule has 6 nitrogen and oxygen atoms in total. The van der Waals surface area contributed by atoms with Gasteiger partial charge in [0, 0.05) is 22.2 Å². The number of aromatic nitrogens is 1. The zero-order valence-electron chi connectivity index (χ0n) is 16.1. The van der Waals surface area contributed by atoms with Crippen molar-refractivity contribution in [3.63, 3.8) is 0 Å². The molecule has 7 heteroatoms. The number of carbonyl (C=O) groups is 2. The van der Waals surface area contributed by atoms with Crippen LogP contribution in [-0.4, -0.2) is 34.3 Å². The van der Waals surface area contributed by atoms with Crippen molar-refractivity contribution in [3.05, 3.63) is 45.4 Å². The normalized spacial score (nSPS) is 28.4. The summed E-state index contributed by atoms with van der Waals surface area (Å²) in [6.07, 6.45) is 2.86. The molecule has 1 aromatic heterocycles. The van der Waals surface area contributed by atoms with Gasteiger partial charge in [-0.15, -0.1) is 11.3 Å². The van der Waals surface area contributed by atoms with Crippen molar-refractivity contribution in [2.45, 2.75) is 51.2 Å². The molecule has 5 rings (SSSR count). The summed E-state index contributed by atoms with van der Waals surface area (Å²) in [7, 11) is 0. The average Bonchev–Trinajstić information content (AvgIpc) is 3.39. The number of nitrogens with zero attached hydrogens (tertiary/aromatic N) is 2. The number of fused-ring (bicyclic) bond motifs is 4. The van der Waals surface area contributed by atoms with Gasteiger partial charge in [-0.25, -0.2) is 4.98 Å². The Morgan fingerprint density at radius 1 is 1.39 bits per heavy atom. The first-order valence-corrected chi connectivity index (χ1v) is 10.7. The van der Waals surface area contributed by atoms with E-state index >= 15 is 0 Å². The molecule has 1 aromatic carbocycles. The Morgan fingerprint density at radius 2 is 2.21 bits per heavy atom. The molecule has 2 saturated heterocycles. The van der Waals surface area contributed by atoms with Gasteiger partial charge in [0.25, 0.3) is 0 Å². The van der Waals surface area contributed by atoms with E-state index in [2.05, 4.69) is 20.5 Å². The van der Waals surface area contributed by atoms with Gasteiger partial charge in [0.15, 0.2) is 0 Å². The van der Waals surface area contributed by atoms with E-state index in [0.29, 0.717) is 12.6 Å². The van der Waals surface area contributed by atoms with Crippen LogP contribution < -0.4 is 10.6 Å². The van der Waals surface area contributed by atoms with Crippen LogP contribution in [0.3, 0.4) is 0 Å². The molecule has 2 N–H and O–H groups in total. The van der Waals surface area contributed by atoms with Gasteiger partial charge in [-0.3, -0.25) is 14.5 Å². The Balaban J connectivity index is 1.49. The summed E-state index contributed by atoms with van der Waals surface area (Å²) in [4.78, 5) is 34.5. The number of amides is 2. The number of hydrogen-bond donors (Lipinski definition) is 2. The monoisotopic (exact) mass is 396 g/mol. The van der Waals surface area contributed by atoms with Crippen LogP contribution >= 0.6 is 11.3 Å². The second-order valence-corrected chi connectivity index (χ2v) is 9.29. The maximum absolute atomic E-state index is 13.4. The molecule has 2 amide bonds. The Kier molecular flexibility index (Phi) is 4.07. The molecular weight excluding hydrogens is 372 g/mol. The second kappa shape index (κ2) is 6.39. The maximum atomic E-state index is 13.4. The van der Waals surface area contributed by atoms with Gasteiger partial charge < -0.3 is 10.6 Å². The van der Waals surface area contributed by atoms with E-state index in [1.54, 1.807) is 11.3 Å². The van der Waals surface area contributed by atoms with E-state index in [-0.39, 0.29) is 17.7 Å². The largest absolute Gasteiger partial charge is 0.351 e. The van der Waals surface area contributed by atoms with E-state index in [4.69, 9.17) is 0 Å². The lowest BCUT2D eigenvalue weighted by atomic mass is 9.78. The number of nitrogens with one attached hydrogen (secondary N) is 2. The fourth-order valence-corrected chi connectivity index (χ4v) is 6.29. The predicted octanol–water partition coefficient (Wildman–Crippen LogP) is 2.71. The van der Waals surface area contributed by atoms with Gasteiger partial charge >= 0.3 is 0 Å². The van der Waals surface area contributed by atoms with Crippen LogP contribution in [-0.2, 0) is 21.7 Å². The minimum atomic E-state index is -0.874. The lowest BCUT2D eigenvalue weighted by Crippen LogP contribution is -2.54. The van der Waals surface area contributed by atoms with E-state index in [9.17, 15) is 9.59 Å². The van der Waals surface area contributed by atoms with Gasteiger partial charge in [-0.1, -0.05) is 18.2 Å². The summed E-state index contributed by atoms with van der Waals surface area (Å²) in [5, 5.41) is 7.16. The van der Waals surface area contributed by atoms with Crippen molar-refractivity contribution in [3.8, 4) is 0 Å². The van der Waals surface area contributed by atoms with Crippen LogP contribution in [0.25, 0.3) is 0 Å². The van der Waals surface area contributed by atoms with Crippen molar-refractivity contribution < 1.29 is 9.59 Å². The Morgan fingerprint density at radius 3 is 3.00 bits per heavy atom. The van der Waals surface area contributed by atoms with Crippen LogP contribution in [0.5, 0.6) is 0 Å². The lowest BCUT2D eigenvalue weighted by Gasteiger charge is -2.36. The molecule has 1 spiro atoms. The number of benzene rings is 1. The van der Waals surface area contributed by atoms with Gasteiger partial charge in [-0.2, -0.15) is 0 Å². The number of para-hydroxylation sites is 1. The number of carbonyl (C=O) groups excluding carboxylic acids is 2. The molecule has 0 unspecified atom stereocenters. The molecule has 3 aliphatic rings. The molecule has 3 aliphatic heterocycles. The summed E-state index contributed by atoms with van der Waals surface area (Å²) >= 11 is 1.61. The topological polar surface area (TPSA) is 74.3 Å². The summed E-state index contributed by atoms with van der Waals surface area (Å²) in [6, 6.07) is 8.12. The van der Waals surface area contributed by atoms with Crippen molar-refractivity contribution in [1.29, 1.82) is 0 Å². The Labute approximate surface area is 168 Å². The van der Waals surface area contributed by atoms with E-state index in [1.165, 1.54) is 0 Å². The first-order valence-electron chi connectivity index (χ1n) is 9.90. The predicted molar refractivity (Wildman–Crippen MR) is 108 cm³/mol. The third-order valence-electron chi connectivity index (χ3n) is 6.51. The summed E-state index contributed by atoms with van der Waals surface area (Å²) < 4.78 is 0. The number of anilines is 1. The molecule has 3 atom stereocenters. The average molecular weight is 397 g/mol. The molecule has 4 heterocycles. The highest BCUT2D eigenvalue weighted by Crippen LogP contribution is 2.55. The SMILES string of the molecule is Cc1nc(C)c(CNC(=O)[C@@H]2C[C@H]3CCCN3[C@]23C(=O)Nc2ccccc23)s1. The highest BCUT2D eigenvalue weighted by molar-refractivity contribution is 7.11. The zero-order chi connectivity index (χ0) is 19.5. The van der Waals surface area contributed by atoms with Gasteiger partial charge in [0.1, 0.15) is 5.54 Å². The van der Waals surface area contributed by atoms with Crippen molar-refractivity contribution in [2.75, 3.05) is 11.9 Å². The van der Waals surface area contributed by atoms with Crippen molar-refractivity contribution >= 4 is 28.8 Å². The Hall–Kier alpha value is -2.25. The molecule has 2 aromatic rings. The number of hydrogen-bond acceptors (Lipinski definition) is 5. The smallest absolute Gasteiger partial charge is 0.250 e. The highest BCUT2D eigenvalue weighted by atomic mass is 32.1. The van der Waals surface area contributed by atoms with E-state index in [0.717, 1.165) is 52.6 Å². The van der Waals surface area contributed by atoms with Crippen molar-refractivity contribution in [1.82, 2.24) is 15.2 Å². The quantitative estimate of drug-likeness (QED) is 0.837. The molecule has 146 valence electrons. The lowest BCUT2D eigenvalue weighted by molar-refractivity contribution is -0.137. The van der Waals surface area contributed by atoms with E-state index in [1.807, 2.05) is 38.1 Å². The van der Waals surface area contributed by atoms with Gasteiger partial charge in [-0.05, 0) is 45.7 Å². The first kappa shape index (κ1) is 17.8. The first-order chi connectivity index (χ1) is 13.5. The summed E-state index contributed by atoms with van der Waals surface area (Å²) in [5.74, 6) is -0.467. The van der Waals surface area contributed by atoms with Crippen LogP contribution in [0.4, 0.5) is 5.69 Å². The molecule has 0 aliphatic carbocycles. The fraction of sp³-hybridized carbons (Fsp3) is 0.476. The van der Waals surface area contributed by atoms with Gasteiger partial charge in [0.05, 0.1) is 23.2 Å². The third-order valence-corrected chi connectivity index (χ3v) is 7.59. The van der Waals surface area contributed by atoms with Crippen molar-refractivity contribution in [2.24, 2.45) is 5.92 Å². The third kappa shape index (κ3) is 2.39. The summed E-state index contributed by atoms with van der Waals surface area (Å²) in [6.45, 7) is 5.28. The van der Waals surface area contributed by atoms with Gasteiger partial charge in [0.2, 0.25) is 11.8 Å². The molecule has 0 bridgehead atoms. The molecule has 0 radical (unpaired) electrons.